The molecule has 0 aromatic heterocycles. The standard InChI is InChI=1S/C22H36N4O7/c27-15-19-21(29)22(30)20(28)14-24(19)9-4-2-1-3-8-23-17-7-6-16(12-18(17)26(31)32)13-25-10-5-11-33-25/h6-7,12,19-23,27-30H,1-5,8-11,13-15H2/t19-,20+,21-,22-/m1/s1. The molecular weight excluding hydrogens is 432 g/mol. The summed E-state index contributed by atoms with van der Waals surface area (Å²) in [5.41, 5.74) is 1.41. The summed E-state index contributed by atoms with van der Waals surface area (Å²) in [7, 11) is 0. The summed E-state index contributed by atoms with van der Waals surface area (Å²) in [6.07, 6.45) is 1.00. The van der Waals surface area contributed by atoms with Crippen LogP contribution in [0.25, 0.3) is 0 Å². The second-order valence-electron chi connectivity index (χ2n) is 8.79. The zero-order valence-corrected chi connectivity index (χ0v) is 18.9. The van der Waals surface area contributed by atoms with E-state index in [9.17, 15) is 30.5 Å². The number of nitro groups is 1. The van der Waals surface area contributed by atoms with Crippen molar-refractivity contribution < 1.29 is 30.2 Å². The molecule has 2 fully saturated rings. The number of likely N-dealkylation sites (tertiary alicyclic amines) is 1. The lowest BCUT2D eigenvalue weighted by atomic mass is 9.94. The van der Waals surface area contributed by atoms with Crippen molar-refractivity contribution in [2.24, 2.45) is 0 Å². The fourth-order valence-electron chi connectivity index (χ4n) is 4.46. The molecular formula is C22H36N4O7. The second kappa shape index (κ2) is 12.6. The van der Waals surface area contributed by atoms with Crippen molar-refractivity contribution in [3.63, 3.8) is 0 Å². The Morgan fingerprint density at radius 3 is 2.64 bits per heavy atom. The number of piperidine rings is 1. The number of unbranched alkanes of at least 4 members (excludes halogenated alkanes) is 3. The molecule has 0 bridgehead atoms. The van der Waals surface area contributed by atoms with Gasteiger partial charge in [-0.3, -0.25) is 19.9 Å². The Bertz CT molecular complexity index is 762. The van der Waals surface area contributed by atoms with Gasteiger partial charge in [-0.05, 0) is 37.4 Å². The third kappa shape index (κ3) is 7.06. The molecule has 1 aromatic rings. The van der Waals surface area contributed by atoms with E-state index in [0.29, 0.717) is 31.9 Å². The first-order valence-electron chi connectivity index (χ1n) is 11.7. The Kier molecular flexibility index (Phi) is 9.80. The Morgan fingerprint density at radius 2 is 1.94 bits per heavy atom. The molecule has 3 rings (SSSR count). The van der Waals surface area contributed by atoms with Crippen LogP contribution in [0.5, 0.6) is 0 Å². The van der Waals surface area contributed by atoms with E-state index in [0.717, 1.165) is 44.2 Å². The van der Waals surface area contributed by atoms with E-state index in [1.165, 1.54) is 0 Å². The molecule has 11 heteroatoms. The van der Waals surface area contributed by atoms with Crippen LogP contribution in [0.4, 0.5) is 11.4 Å². The Morgan fingerprint density at radius 1 is 1.15 bits per heavy atom. The molecule has 0 spiro atoms. The molecule has 0 saturated carbocycles. The number of nitrogens with zero attached hydrogens (tertiary/aromatic N) is 3. The van der Waals surface area contributed by atoms with E-state index in [-0.39, 0.29) is 23.8 Å². The number of β-amino-alcohol motifs (C(OH)–C–C–N with tert-alkyl or cyclic N) is 1. The lowest BCUT2D eigenvalue weighted by molar-refractivity contribution is -0.384. The molecule has 33 heavy (non-hydrogen) atoms. The SMILES string of the molecule is O=[N+]([O-])c1cc(CN2CCCO2)ccc1NCCCCCCN1C[C@H](O)[C@@H](O)[C@H](O)[C@H]1CO. The van der Waals surface area contributed by atoms with Gasteiger partial charge in [-0.2, -0.15) is 5.06 Å². The number of rotatable bonds is 12. The van der Waals surface area contributed by atoms with Crippen molar-refractivity contribution in [3.8, 4) is 0 Å². The highest BCUT2D eigenvalue weighted by atomic mass is 16.7. The predicted molar refractivity (Wildman–Crippen MR) is 122 cm³/mol. The summed E-state index contributed by atoms with van der Waals surface area (Å²) in [6, 6.07) is 4.65. The Balaban J connectivity index is 1.38. The number of anilines is 1. The molecule has 11 nitrogen and oxygen atoms in total. The van der Waals surface area contributed by atoms with E-state index in [1.54, 1.807) is 12.1 Å². The fourth-order valence-corrected chi connectivity index (χ4v) is 4.46. The summed E-state index contributed by atoms with van der Waals surface area (Å²) in [5.74, 6) is 0. The van der Waals surface area contributed by atoms with E-state index in [2.05, 4.69) is 5.32 Å². The number of benzene rings is 1. The molecule has 2 aliphatic rings. The van der Waals surface area contributed by atoms with Gasteiger partial charge in [0.05, 0.1) is 30.3 Å². The molecule has 0 radical (unpaired) electrons. The van der Waals surface area contributed by atoms with Crippen molar-refractivity contribution in [3.05, 3.63) is 33.9 Å². The number of hydroxylamine groups is 2. The zero-order chi connectivity index (χ0) is 23.8. The first-order valence-corrected chi connectivity index (χ1v) is 11.7. The van der Waals surface area contributed by atoms with Crippen LogP contribution in [0.3, 0.4) is 0 Å². The van der Waals surface area contributed by atoms with Crippen molar-refractivity contribution in [1.82, 2.24) is 9.96 Å². The Hall–Kier alpha value is -1.86. The average Bonchev–Trinajstić information content (AvgIpc) is 3.30. The number of nitrogens with one attached hydrogen (secondary N) is 1. The largest absolute Gasteiger partial charge is 0.395 e. The molecule has 2 saturated heterocycles. The van der Waals surface area contributed by atoms with Gasteiger partial charge < -0.3 is 25.7 Å². The lowest BCUT2D eigenvalue weighted by Crippen LogP contribution is -2.62. The molecule has 2 heterocycles. The minimum atomic E-state index is -1.24. The average molecular weight is 469 g/mol. The molecule has 0 aliphatic carbocycles. The molecule has 0 unspecified atom stereocenters. The molecule has 186 valence electrons. The fraction of sp³-hybridized carbons (Fsp3) is 0.727. The van der Waals surface area contributed by atoms with Gasteiger partial charge in [-0.1, -0.05) is 18.9 Å². The van der Waals surface area contributed by atoms with Crippen molar-refractivity contribution >= 4 is 11.4 Å². The highest BCUT2D eigenvalue weighted by molar-refractivity contribution is 5.62. The number of aliphatic hydroxyl groups excluding tert-OH is 4. The van der Waals surface area contributed by atoms with E-state index < -0.39 is 24.4 Å². The van der Waals surface area contributed by atoms with Crippen LogP contribution in [0.1, 0.15) is 37.7 Å². The number of nitro benzene ring substituents is 1. The minimum Gasteiger partial charge on any atom is -0.395 e. The molecule has 2 aliphatic heterocycles. The molecule has 0 amide bonds. The van der Waals surface area contributed by atoms with Gasteiger partial charge in [-0.15, -0.1) is 0 Å². The van der Waals surface area contributed by atoms with Gasteiger partial charge in [0.2, 0.25) is 0 Å². The lowest BCUT2D eigenvalue weighted by Gasteiger charge is -2.43. The van der Waals surface area contributed by atoms with Gasteiger partial charge in [0.1, 0.15) is 17.9 Å². The Labute approximate surface area is 193 Å². The summed E-state index contributed by atoms with van der Waals surface area (Å²) < 4.78 is 0. The van der Waals surface area contributed by atoms with Crippen LogP contribution in [0, 0.1) is 10.1 Å². The van der Waals surface area contributed by atoms with Gasteiger partial charge >= 0.3 is 0 Å². The third-order valence-electron chi connectivity index (χ3n) is 6.35. The van der Waals surface area contributed by atoms with Crippen LogP contribution in [-0.4, -0.2) is 99.1 Å². The third-order valence-corrected chi connectivity index (χ3v) is 6.35. The summed E-state index contributed by atoms with van der Waals surface area (Å²) >= 11 is 0. The maximum absolute atomic E-state index is 11.5. The monoisotopic (exact) mass is 468 g/mol. The van der Waals surface area contributed by atoms with E-state index in [4.69, 9.17) is 4.84 Å². The number of hydrogen-bond donors (Lipinski definition) is 5. The van der Waals surface area contributed by atoms with Gasteiger partial charge in [0.15, 0.2) is 0 Å². The van der Waals surface area contributed by atoms with Crippen molar-refractivity contribution in [2.45, 2.75) is 63.0 Å². The minimum absolute atomic E-state index is 0.0612. The maximum Gasteiger partial charge on any atom is 0.292 e. The van der Waals surface area contributed by atoms with Crippen LogP contribution in [0.2, 0.25) is 0 Å². The van der Waals surface area contributed by atoms with E-state index in [1.807, 2.05) is 16.0 Å². The first kappa shape index (κ1) is 25.8. The van der Waals surface area contributed by atoms with Gasteiger partial charge in [-0.25, -0.2) is 0 Å². The highest BCUT2D eigenvalue weighted by Crippen LogP contribution is 2.27. The number of aliphatic hydroxyl groups is 4. The smallest absolute Gasteiger partial charge is 0.292 e. The van der Waals surface area contributed by atoms with Gasteiger partial charge in [0.25, 0.3) is 5.69 Å². The summed E-state index contributed by atoms with van der Waals surface area (Å²) in [6.45, 7) is 3.20. The van der Waals surface area contributed by atoms with E-state index >= 15 is 0 Å². The van der Waals surface area contributed by atoms with Crippen molar-refractivity contribution in [1.29, 1.82) is 0 Å². The summed E-state index contributed by atoms with van der Waals surface area (Å²) in [4.78, 5) is 18.4. The van der Waals surface area contributed by atoms with Crippen LogP contribution in [-0.2, 0) is 11.4 Å². The van der Waals surface area contributed by atoms with Crippen molar-refractivity contribution in [2.75, 3.05) is 44.7 Å². The second-order valence-corrected chi connectivity index (χ2v) is 8.79. The zero-order valence-electron chi connectivity index (χ0n) is 18.9. The topological polar surface area (TPSA) is 152 Å². The molecule has 4 atom stereocenters. The van der Waals surface area contributed by atoms with Crippen LogP contribution >= 0.6 is 0 Å². The summed E-state index contributed by atoms with van der Waals surface area (Å²) in [5, 5.41) is 55.7. The molecule has 5 N–H and O–H groups in total. The first-order chi connectivity index (χ1) is 15.9. The number of hydrogen-bond acceptors (Lipinski definition) is 10. The highest BCUT2D eigenvalue weighted by Gasteiger charge is 2.40. The van der Waals surface area contributed by atoms with Crippen LogP contribution < -0.4 is 5.32 Å². The molecule has 1 aromatic carbocycles. The van der Waals surface area contributed by atoms with Gasteiger partial charge in [0, 0.05) is 32.2 Å². The van der Waals surface area contributed by atoms with Crippen LogP contribution in [0.15, 0.2) is 18.2 Å². The normalized spacial score (nSPS) is 26.5. The quantitative estimate of drug-likeness (QED) is 0.166. The predicted octanol–water partition coefficient (Wildman–Crippen LogP) is 0.464. The maximum atomic E-state index is 11.5.